The lowest BCUT2D eigenvalue weighted by molar-refractivity contribution is -0.382. The molecule has 2 heterocycles. The number of nitrogens with zero attached hydrogens (tertiary/aromatic N) is 4. The van der Waals surface area contributed by atoms with E-state index in [2.05, 4.69) is 15.6 Å². The molecule has 0 unspecified atom stereocenters. The molecule has 8 heteroatoms. The summed E-state index contributed by atoms with van der Waals surface area (Å²) >= 11 is 0. The monoisotopic (exact) mass is 339 g/mol. The van der Waals surface area contributed by atoms with Gasteiger partial charge in [-0.3, -0.25) is 10.1 Å². The summed E-state index contributed by atoms with van der Waals surface area (Å²) in [4.78, 5) is 13.3. The van der Waals surface area contributed by atoms with Crippen molar-refractivity contribution in [2.45, 2.75) is 19.4 Å². The Labute approximate surface area is 143 Å². The highest BCUT2D eigenvalue weighted by Gasteiger charge is 2.29. The number of nitro benzene ring substituents is 1. The Morgan fingerprint density at radius 2 is 1.88 bits per heavy atom. The molecule has 0 saturated carbocycles. The fourth-order valence-corrected chi connectivity index (χ4v) is 3.22. The van der Waals surface area contributed by atoms with Gasteiger partial charge in [-0.05, 0) is 34.8 Å². The lowest BCUT2D eigenvalue weighted by atomic mass is 10.1. The van der Waals surface area contributed by atoms with E-state index in [1.54, 1.807) is 6.07 Å². The molecule has 1 aliphatic rings. The molecule has 0 atom stereocenters. The van der Waals surface area contributed by atoms with Crippen LogP contribution >= 0.6 is 0 Å². The van der Waals surface area contributed by atoms with Gasteiger partial charge in [0.25, 0.3) is 0 Å². The molecule has 3 aromatic rings. The van der Waals surface area contributed by atoms with E-state index >= 15 is 0 Å². The highest BCUT2D eigenvalue weighted by atomic mass is 16.6. The molecule has 0 aliphatic carbocycles. The Hall–Kier alpha value is -3.16. The molecule has 0 amide bonds. The van der Waals surface area contributed by atoms with Crippen LogP contribution in [0.2, 0.25) is 0 Å². The van der Waals surface area contributed by atoms with Crippen LogP contribution in [0, 0.1) is 10.1 Å². The summed E-state index contributed by atoms with van der Waals surface area (Å²) < 4.78 is 4.80. The first-order chi connectivity index (χ1) is 12.2. The van der Waals surface area contributed by atoms with Crippen LogP contribution in [-0.4, -0.2) is 28.3 Å². The number of benzene rings is 2. The van der Waals surface area contributed by atoms with Crippen molar-refractivity contribution in [3.63, 3.8) is 0 Å². The van der Waals surface area contributed by atoms with E-state index in [0.717, 1.165) is 31.5 Å². The minimum absolute atomic E-state index is 0.0385. The van der Waals surface area contributed by atoms with E-state index in [4.69, 9.17) is 4.63 Å². The van der Waals surface area contributed by atoms with E-state index < -0.39 is 4.92 Å². The van der Waals surface area contributed by atoms with E-state index in [1.165, 1.54) is 0 Å². The normalized spacial score (nSPS) is 14.2. The summed E-state index contributed by atoms with van der Waals surface area (Å²) in [5, 5.41) is 22.6. The van der Waals surface area contributed by atoms with Gasteiger partial charge in [-0.2, -0.15) is 0 Å². The molecule has 2 aromatic carbocycles. The van der Waals surface area contributed by atoms with Gasteiger partial charge in [-0.1, -0.05) is 30.3 Å². The third kappa shape index (κ3) is 2.86. The fourth-order valence-electron chi connectivity index (χ4n) is 3.22. The third-order valence-corrected chi connectivity index (χ3v) is 4.45. The second kappa shape index (κ2) is 6.39. The van der Waals surface area contributed by atoms with Crippen LogP contribution in [0.1, 0.15) is 18.4 Å². The van der Waals surface area contributed by atoms with Gasteiger partial charge in [0.2, 0.25) is 5.52 Å². The molecule has 0 bridgehead atoms. The van der Waals surface area contributed by atoms with Crippen molar-refractivity contribution in [3.8, 4) is 0 Å². The topological polar surface area (TPSA) is 97.3 Å². The Balaban J connectivity index is 1.77. The summed E-state index contributed by atoms with van der Waals surface area (Å²) in [7, 11) is 0. The Kier molecular flexibility index (Phi) is 3.93. The highest BCUT2D eigenvalue weighted by molar-refractivity contribution is 5.99. The van der Waals surface area contributed by atoms with E-state index in [-0.39, 0.29) is 11.2 Å². The lowest BCUT2D eigenvalue weighted by Crippen LogP contribution is -2.19. The van der Waals surface area contributed by atoms with Gasteiger partial charge in [0.1, 0.15) is 5.69 Å². The molecule has 25 heavy (non-hydrogen) atoms. The molecule has 1 N–H and O–H groups in total. The number of nitro groups is 1. The summed E-state index contributed by atoms with van der Waals surface area (Å²) in [5.41, 5.74) is 2.89. The first kappa shape index (κ1) is 15.4. The van der Waals surface area contributed by atoms with E-state index in [1.807, 2.05) is 35.2 Å². The molecular formula is C17H17N5O3. The predicted octanol–water partition coefficient (Wildman–Crippen LogP) is 3.34. The van der Waals surface area contributed by atoms with Crippen LogP contribution in [-0.2, 0) is 6.54 Å². The Morgan fingerprint density at radius 3 is 2.60 bits per heavy atom. The Bertz CT molecular complexity index is 903. The van der Waals surface area contributed by atoms with Gasteiger partial charge in [0, 0.05) is 19.6 Å². The van der Waals surface area contributed by atoms with Crippen molar-refractivity contribution < 1.29 is 9.55 Å². The van der Waals surface area contributed by atoms with Gasteiger partial charge < -0.3 is 10.2 Å². The largest absolute Gasteiger partial charge is 0.379 e. The van der Waals surface area contributed by atoms with Gasteiger partial charge in [0.05, 0.1) is 10.6 Å². The minimum Gasteiger partial charge on any atom is -0.379 e. The van der Waals surface area contributed by atoms with Gasteiger partial charge in [-0.25, -0.2) is 4.63 Å². The van der Waals surface area contributed by atoms with Crippen molar-refractivity contribution in [1.82, 2.24) is 10.3 Å². The molecule has 8 nitrogen and oxygen atoms in total. The SMILES string of the molecule is O=[N+]([O-])c1c(N2CCCC2)cc(NCc2ccccc2)c2nonc12. The standard InChI is InChI=1S/C17H17N5O3/c23-22(24)17-14(21-8-4-5-9-21)10-13(15-16(17)20-25-19-15)18-11-12-6-2-1-3-7-12/h1-3,6-7,10,18H,4-5,8-9,11H2. The van der Waals surface area contributed by atoms with Crippen LogP contribution in [0.3, 0.4) is 0 Å². The van der Waals surface area contributed by atoms with Gasteiger partial charge in [0.15, 0.2) is 5.52 Å². The summed E-state index contributed by atoms with van der Waals surface area (Å²) in [5.74, 6) is 0. The second-order valence-electron chi connectivity index (χ2n) is 6.04. The third-order valence-electron chi connectivity index (χ3n) is 4.45. The average Bonchev–Trinajstić information content (AvgIpc) is 3.31. The molecule has 0 radical (unpaired) electrons. The number of hydrogen-bond acceptors (Lipinski definition) is 7. The van der Waals surface area contributed by atoms with E-state index in [9.17, 15) is 10.1 Å². The summed E-state index contributed by atoms with van der Waals surface area (Å²) in [6.07, 6.45) is 2.05. The van der Waals surface area contributed by atoms with Crippen LogP contribution < -0.4 is 10.2 Å². The van der Waals surface area contributed by atoms with E-state index in [0.29, 0.717) is 23.4 Å². The number of rotatable bonds is 5. The highest BCUT2D eigenvalue weighted by Crippen LogP contribution is 2.40. The van der Waals surface area contributed by atoms with Crippen LogP contribution in [0.25, 0.3) is 11.0 Å². The molecule has 1 aliphatic heterocycles. The van der Waals surface area contributed by atoms with Crippen LogP contribution in [0.4, 0.5) is 17.1 Å². The first-order valence-electron chi connectivity index (χ1n) is 8.20. The zero-order chi connectivity index (χ0) is 17.2. The van der Waals surface area contributed by atoms with Crippen molar-refractivity contribution in [2.75, 3.05) is 23.3 Å². The maximum absolute atomic E-state index is 11.6. The maximum Gasteiger partial charge on any atom is 0.323 e. The van der Waals surface area contributed by atoms with Gasteiger partial charge in [-0.15, -0.1) is 0 Å². The fraction of sp³-hybridized carbons (Fsp3) is 0.294. The second-order valence-corrected chi connectivity index (χ2v) is 6.04. The van der Waals surface area contributed by atoms with Crippen molar-refractivity contribution in [2.24, 2.45) is 0 Å². The zero-order valence-electron chi connectivity index (χ0n) is 13.5. The minimum atomic E-state index is -0.402. The molecular weight excluding hydrogens is 322 g/mol. The zero-order valence-corrected chi connectivity index (χ0v) is 13.5. The summed E-state index contributed by atoms with van der Waals surface area (Å²) in [6.45, 7) is 2.19. The molecule has 0 spiro atoms. The van der Waals surface area contributed by atoms with Crippen molar-refractivity contribution in [3.05, 3.63) is 52.1 Å². The quantitative estimate of drug-likeness (QED) is 0.562. The lowest BCUT2D eigenvalue weighted by Gasteiger charge is -2.19. The smallest absolute Gasteiger partial charge is 0.323 e. The number of fused-ring (bicyclic) bond motifs is 1. The Morgan fingerprint density at radius 1 is 1.16 bits per heavy atom. The van der Waals surface area contributed by atoms with Crippen molar-refractivity contribution in [1.29, 1.82) is 0 Å². The van der Waals surface area contributed by atoms with Crippen LogP contribution in [0.5, 0.6) is 0 Å². The average molecular weight is 339 g/mol. The molecule has 1 saturated heterocycles. The molecule has 4 rings (SSSR count). The van der Waals surface area contributed by atoms with Crippen molar-refractivity contribution >= 4 is 28.1 Å². The molecule has 128 valence electrons. The number of anilines is 2. The molecule has 1 aromatic heterocycles. The number of aromatic nitrogens is 2. The number of hydrogen-bond donors (Lipinski definition) is 1. The molecule has 1 fully saturated rings. The predicted molar refractivity (Wildman–Crippen MR) is 93.7 cm³/mol. The summed E-state index contributed by atoms with van der Waals surface area (Å²) in [6, 6.07) is 11.7. The van der Waals surface area contributed by atoms with Gasteiger partial charge >= 0.3 is 5.69 Å². The number of nitrogens with one attached hydrogen (secondary N) is 1. The maximum atomic E-state index is 11.6. The van der Waals surface area contributed by atoms with Crippen LogP contribution in [0.15, 0.2) is 41.0 Å². The first-order valence-corrected chi connectivity index (χ1v) is 8.20.